The number of Topliss-reactive ketones (excluding diaryl/α,β-unsaturated/α-hetero) is 1. The predicted molar refractivity (Wildman–Crippen MR) is 102 cm³/mol. The van der Waals surface area contributed by atoms with Crippen molar-refractivity contribution < 1.29 is 14.3 Å². The van der Waals surface area contributed by atoms with E-state index in [-0.39, 0.29) is 28.8 Å². The van der Waals surface area contributed by atoms with Crippen LogP contribution < -0.4 is 0 Å². The molecule has 3 nitrogen and oxygen atoms in total. The van der Waals surface area contributed by atoms with E-state index in [1.165, 1.54) is 5.56 Å². The van der Waals surface area contributed by atoms with Crippen LogP contribution in [0.3, 0.4) is 0 Å². The Kier molecular flexibility index (Phi) is 4.58. The maximum absolute atomic E-state index is 13.8. The normalized spacial score (nSPS) is 44.2. The lowest BCUT2D eigenvalue weighted by molar-refractivity contribution is -0.154. The smallest absolute Gasteiger partial charge is 0.142 e. The van der Waals surface area contributed by atoms with Crippen molar-refractivity contribution in [3.63, 3.8) is 0 Å². The number of fused-ring (bicyclic) bond motifs is 3. The highest BCUT2D eigenvalue weighted by atomic mass is 16.3. The van der Waals surface area contributed by atoms with E-state index in [9.17, 15) is 9.90 Å². The number of ketones is 1. The maximum atomic E-state index is 13.8. The Bertz CT molecular complexity index is 650. The van der Waals surface area contributed by atoms with E-state index >= 15 is 0 Å². The molecule has 1 aromatic rings. The summed E-state index contributed by atoms with van der Waals surface area (Å²) >= 11 is 0. The minimum Gasteiger partial charge on any atom is -0.472 e. The fraction of sp³-hybridized carbons (Fsp3) is 0.783. The van der Waals surface area contributed by atoms with E-state index in [4.69, 9.17) is 4.42 Å². The fourth-order valence-electron chi connectivity index (χ4n) is 7.09. The van der Waals surface area contributed by atoms with Gasteiger partial charge in [-0.15, -0.1) is 0 Å². The third kappa shape index (κ3) is 2.61. The molecule has 0 saturated heterocycles. The summed E-state index contributed by atoms with van der Waals surface area (Å²) in [5.74, 6) is 2.09. The second-order valence-corrected chi connectivity index (χ2v) is 9.76. The van der Waals surface area contributed by atoms with Gasteiger partial charge in [-0.05, 0) is 86.2 Å². The number of hydrogen-bond acceptors (Lipinski definition) is 3. The van der Waals surface area contributed by atoms with Crippen molar-refractivity contribution in [2.75, 3.05) is 0 Å². The molecule has 3 heteroatoms. The molecule has 3 fully saturated rings. The third-order valence-corrected chi connectivity index (χ3v) is 8.66. The van der Waals surface area contributed by atoms with Gasteiger partial charge in [0.2, 0.25) is 0 Å². The molecule has 3 aliphatic rings. The standard InChI is InChI=1S/C23H34O3/c1-4-19(15-9-12-26-14-15)23(3)11-8-20-18(21(23)25)6-5-16-13-17(24)7-10-22(16,20)2/h9,12,14,16-20,24H,4-8,10-11,13H2,1-3H3/t16-,17+,18-,19-,20+,22+,23-/m1/s1. The lowest BCUT2D eigenvalue weighted by Gasteiger charge is -2.58. The van der Waals surface area contributed by atoms with Gasteiger partial charge in [0.1, 0.15) is 5.78 Å². The molecule has 0 amide bonds. The van der Waals surface area contributed by atoms with Crippen LogP contribution in [-0.2, 0) is 4.79 Å². The van der Waals surface area contributed by atoms with Crippen LogP contribution in [0.15, 0.2) is 23.0 Å². The number of aliphatic hydroxyl groups is 1. The second kappa shape index (κ2) is 6.51. The van der Waals surface area contributed by atoms with Crippen LogP contribution in [0.2, 0.25) is 0 Å². The van der Waals surface area contributed by atoms with Crippen LogP contribution in [0.1, 0.15) is 83.6 Å². The van der Waals surface area contributed by atoms with E-state index in [1.54, 1.807) is 6.26 Å². The van der Waals surface area contributed by atoms with Crippen LogP contribution in [0.5, 0.6) is 0 Å². The molecule has 1 heterocycles. The van der Waals surface area contributed by atoms with Gasteiger partial charge >= 0.3 is 0 Å². The van der Waals surface area contributed by atoms with Crippen molar-refractivity contribution in [2.24, 2.45) is 28.6 Å². The zero-order chi connectivity index (χ0) is 18.5. The number of carbonyl (C=O) groups excluding carboxylic acids is 1. The highest BCUT2D eigenvalue weighted by Gasteiger charge is 2.58. The van der Waals surface area contributed by atoms with Gasteiger partial charge in [-0.2, -0.15) is 0 Å². The Balaban J connectivity index is 1.61. The summed E-state index contributed by atoms with van der Waals surface area (Å²) in [5, 5.41) is 10.1. The van der Waals surface area contributed by atoms with Crippen LogP contribution in [-0.4, -0.2) is 17.0 Å². The topological polar surface area (TPSA) is 50.4 Å². The van der Waals surface area contributed by atoms with Crippen molar-refractivity contribution in [1.82, 2.24) is 0 Å². The van der Waals surface area contributed by atoms with Crippen molar-refractivity contribution in [1.29, 1.82) is 0 Å². The quantitative estimate of drug-likeness (QED) is 0.794. The zero-order valence-electron chi connectivity index (χ0n) is 16.5. The molecular formula is C23H34O3. The number of rotatable bonds is 3. The molecule has 0 radical (unpaired) electrons. The van der Waals surface area contributed by atoms with E-state index < -0.39 is 0 Å². The largest absolute Gasteiger partial charge is 0.472 e. The second-order valence-electron chi connectivity index (χ2n) is 9.76. The monoisotopic (exact) mass is 358 g/mol. The number of furan rings is 1. The van der Waals surface area contributed by atoms with E-state index in [0.29, 0.717) is 17.6 Å². The Morgan fingerprint density at radius 3 is 2.73 bits per heavy atom. The molecule has 7 atom stereocenters. The molecule has 0 aliphatic heterocycles. The van der Waals surface area contributed by atoms with Gasteiger partial charge in [-0.3, -0.25) is 4.79 Å². The summed E-state index contributed by atoms with van der Waals surface area (Å²) in [6, 6.07) is 2.04. The van der Waals surface area contributed by atoms with Gasteiger partial charge in [-0.1, -0.05) is 20.8 Å². The first-order chi connectivity index (χ1) is 12.4. The van der Waals surface area contributed by atoms with Crippen LogP contribution >= 0.6 is 0 Å². The molecule has 3 aliphatic carbocycles. The van der Waals surface area contributed by atoms with Crippen LogP contribution in [0.4, 0.5) is 0 Å². The van der Waals surface area contributed by atoms with Gasteiger partial charge in [-0.25, -0.2) is 0 Å². The third-order valence-electron chi connectivity index (χ3n) is 8.66. The average Bonchev–Trinajstić information content (AvgIpc) is 3.13. The van der Waals surface area contributed by atoms with Gasteiger partial charge in [0.15, 0.2) is 0 Å². The molecular weight excluding hydrogens is 324 g/mol. The summed E-state index contributed by atoms with van der Waals surface area (Å²) < 4.78 is 5.34. The van der Waals surface area contributed by atoms with Crippen molar-refractivity contribution >= 4 is 5.78 Å². The Hall–Kier alpha value is -1.09. The summed E-state index contributed by atoms with van der Waals surface area (Å²) in [7, 11) is 0. The van der Waals surface area contributed by atoms with E-state index in [0.717, 1.165) is 51.4 Å². The highest BCUT2D eigenvalue weighted by molar-refractivity contribution is 5.89. The molecule has 4 rings (SSSR count). The van der Waals surface area contributed by atoms with Gasteiger partial charge in [0.25, 0.3) is 0 Å². The summed E-state index contributed by atoms with van der Waals surface area (Å²) in [4.78, 5) is 13.8. The van der Waals surface area contributed by atoms with Gasteiger partial charge in [0, 0.05) is 11.3 Å². The number of aliphatic hydroxyl groups excluding tert-OH is 1. The molecule has 0 spiro atoms. The van der Waals surface area contributed by atoms with Crippen molar-refractivity contribution in [2.45, 2.75) is 84.2 Å². The molecule has 0 unspecified atom stereocenters. The van der Waals surface area contributed by atoms with Crippen molar-refractivity contribution in [3.05, 3.63) is 24.2 Å². The summed E-state index contributed by atoms with van der Waals surface area (Å²) in [6.07, 6.45) is 11.6. The first kappa shape index (κ1) is 18.3. The van der Waals surface area contributed by atoms with Crippen LogP contribution in [0, 0.1) is 28.6 Å². The minimum atomic E-state index is -0.267. The molecule has 1 N–H and O–H groups in total. The fourth-order valence-corrected chi connectivity index (χ4v) is 7.09. The number of carbonyl (C=O) groups is 1. The Morgan fingerprint density at radius 1 is 1.23 bits per heavy atom. The Morgan fingerprint density at radius 2 is 2.04 bits per heavy atom. The first-order valence-electron chi connectivity index (χ1n) is 10.6. The minimum absolute atomic E-state index is 0.125. The molecule has 26 heavy (non-hydrogen) atoms. The average molecular weight is 359 g/mol. The summed E-state index contributed by atoms with van der Waals surface area (Å²) in [5.41, 5.74) is 1.16. The first-order valence-corrected chi connectivity index (χ1v) is 10.6. The van der Waals surface area contributed by atoms with Gasteiger partial charge < -0.3 is 9.52 Å². The predicted octanol–water partition coefficient (Wildman–Crippen LogP) is 5.34. The Labute approximate surface area is 157 Å². The van der Waals surface area contributed by atoms with Crippen molar-refractivity contribution in [3.8, 4) is 0 Å². The zero-order valence-corrected chi connectivity index (χ0v) is 16.5. The molecule has 0 bridgehead atoms. The summed E-state index contributed by atoms with van der Waals surface area (Å²) in [6.45, 7) is 6.83. The van der Waals surface area contributed by atoms with Gasteiger partial charge in [0.05, 0.1) is 18.6 Å². The molecule has 144 valence electrons. The lowest BCUT2D eigenvalue weighted by atomic mass is 9.45. The van der Waals surface area contributed by atoms with E-state index in [2.05, 4.69) is 20.8 Å². The molecule has 3 saturated carbocycles. The molecule has 0 aromatic carbocycles. The number of hydrogen-bond donors (Lipinski definition) is 1. The van der Waals surface area contributed by atoms with E-state index in [1.807, 2.05) is 12.3 Å². The van der Waals surface area contributed by atoms with Crippen LogP contribution in [0.25, 0.3) is 0 Å². The SMILES string of the molecule is CC[C@H](c1ccoc1)[C@@]1(C)CC[C@H]2[C@@H](CC[C@@H]3C[C@@H](O)CC[C@@]32C)C1=O. The maximum Gasteiger partial charge on any atom is 0.142 e. The molecule has 1 aromatic heterocycles. The lowest BCUT2D eigenvalue weighted by Crippen LogP contribution is -2.55. The highest BCUT2D eigenvalue weighted by Crippen LogP contribution is 2.62.